The molecule has 0 saturated carbocycles. The molecule has 0 radical (unpaired) electrons. The molecule has 8 aromatic carbocycles. The number of fused-ring (bicyclic) bond motifs is 9. The van der Waals surface area contributed by atoms with Crippen LogP contribution in [0.1, 0.15) is 36.8 Å². The first-order valence-electron chi connectivity index (χ1n) is 22.7. The van der Waals surface area contributed by atoms with Crippen molar-refractivity contribution < 1.29 is 0 Å². The third-order valence-electron chi connectivity index (χ3n) is 14.1. The van der Waals surface area contributed by atoms with Crippen molar-refractivity contribution in [1.82, 2.24) is 13.7 Å². The average Bonchev–Trinajstić information content (AvgIpc) is 4.00. The lowest BCUT2D eigenvalue weighted by molar-refractivity contribution is 0.670. The SMILES string of the molecule is CC1CC(n2c3ccccc3c3ccccc32)=CC=C1C1=CC(c2ccc(-n3c4ccccc4c4ccccc43)cc2)=CC(c2ccc(-n3c4ccccc4c4ccccc43)cc2)C1. The van der Waals surface area contributed by atoms with E-state index in [1.165, 1.54) is 110 Å². The largest absolute Gasteiger partial charge is 0.313 e. The van der Waals surface area contributed by atoms with Crippen molar-refractivity contribution in [3.05, 3.63) is 241 Å². The monoisotopic (exact) mass is 819 g/mol. The molecule has 0 saturated heterocycles. The molecule has 2 atom stereocenters. The third-order valence-corrected chi connectivity index (χ3v) is 14.1. The Hall–Kier alpha value is -7.88. The van der Waals surface area contributed by atoms with Gasteiger partial charge in [0.1, 0.15) is 0 Å². The molecule has 11 aromatic rings. The minimum absolute atomic E-state index is 0.218. The Morgan fingerprint density at radius 3 is 1.20 bits per heavy atom. The first-order valence-corrected chi connectivity index (χ1v) is 22.7. The van der Waals surface area contributed by atoms with Crippen molar-refractivity contribution in [3.8, 4) is 11.4 Å². The molecule has 0 bridgehead atoms. The van der Waals surface area contributed by atoms with Gasteiger partial charge in [0, 0.05) is 55.3 Å². The zero-order valence-electron chi connectivity index (χ0n) is 35.7. The zero-order valence-corrected chi connectivity index (χ0v) is 35.7. The number of nitrogens with zero attached hydrogens (tertiary/aromatic N) is 3. The molecule has 0 spiro atoms. The highest BCUT2D eigenvalue weighted by atomic mass is 15.0. The summed E-state index contributed by atoms with van der Waals surface area (Å²) in [6.45, 7) is 2.42. The maximum Gasteiger partial charge on any atom is 0.0541 e. The molecular formula is C61H45N3. The van der Waals surface area contributed by atoms with Gasteiger partial charge in [0.05, 0.1) is 33.1 Å². The lowest BCUT2D eigenvalue weighted by atomic mass is 9.76. The van der Waals surface area contributed by atoms with E-state index in [2.05, 4.69) is 239 Å². The fraction of sp³-hybridized carbons (Fsp3) is 0.0820. The highest BCUT2D eigenvalue weighted by molar-refractivity contribution is 6.11. The fourth-order valence-corrected chi connectivity index (χ4v) is 11.1. The maximum atomic E-state index is 2.52. The molecule has 2 aliphatic rings. The van der Waals surface area contributed by atoms with E-state index in [1.54, 1.807) is 0 Å². The number of benzene rings is 8. The van der Waals surface area contributed by atoms with Gasteiger partial charge >= 0.3 is 0 Å². The van der Waals surface area contributed by atoms with Crippen LogP contribution >= 0.6 is 0 Å². The van der Waals surface area contributed by atoms with Gasteiger partial charge in [-0.2, -0.15) is 0 Å². The van der Waals surface area contributed by atoms with Gasteiger partial charge in [0.2, 0.25) is 0 Å². The van der Waals surface area contributed by atoms with Crippen molar-refractivity contribution in [2.75, 3.05) is 0 Å². The van der Waals surface area contributed by atoms with Crippen LogP contribution in [0, 0.1) is 5.92 Å². The van der Waals surface area contributed by atoms with Crippen LogP contribution in [0.4, 0.5) is 0 Å². The second kappa shape index (κ2) is 14.6. The molecule has 64 heavy (non-hydrogen) atoms. The van der Waals surface area contributed by atoms with Crippen molar-refractivity contribution in [1.29, 1.82) is 0 Å². The molecule has 3 aromatic heterocycles. The van der Waals surface area contributed by atoms with Crippen LogP contribution in [-0.2, 0) is 0 Å². The molecular weight excluding hydrogens is 775 g/mol. The summed E-state index contributed by atoms with van der Waals surface area (Å²) in [5.41, 5.74) is 17.9. The molecule has 0 aliphatic heterocycles. The van der Waals surface area contributed by atoms with Crippen LogP contribution in [0.25, 0.3) is 88.1 Å². The first-order chi connectivity index (χ1) is 31.7. The van der Waals surface area contributed by atoms with Crippen LogP contribution < -0.4 is 0 Å². The quantitative estimate of drug-likeness (QED) is 0.159. The fourth-order valence-electron chi connectivity index (χ4n) is 11.1. The molecule has 2 unspecified atom stereocenters. The molecule has 13 rings (SSSR count). The smallest absolute Gasteiger partial charge is 0.0541 e. The summed E-state index contributed by atoms with van der Waals surface area (Å²) in [4.78, 5) is 0. The number of allylic oxidation sites excluding steroid dienone is 8. The molecule has 0 N–H and O–H groups in total. The normalized spacial score (nSPS) is 16.8. The minimum atomic E-state index is 0.218. The van der Waals surface area contributed by atoms with Gasteiger partial charge in [0.25, 0.3) is 0 Å². The second-order valence-electron chi connectivity index (χ2n) is 17.7. The zero-order chi connectivity index (χ0) is 42.3. The highest BCUT2D eigenvalue weighted by Crippen LogP contribution is 2.44. The first kappa shape index (κ1) is 36.7. The molecule has 304 valence electrons. The van der Waals surface area contributed by atoms with E-state index in [1.807, 2.05) is 0 Å². The molecule has 3 heterocycles. The van der Waals surface area contributed by atoms with E-state index in [0.717, 1.165) is 12.8 Å². The predicted molar refractivity (Wildman–Crippen MR) is 271 cm³/mol. The number of hydrogen-bond donors (Lipinski definition) is 0. The van der Waals surface area contributed by atoms with E-state index in [9.17, 15) is 0 Å². The molecule has 3 heteroatoms. The van der Waals surface area contributed by atoms with Crippen LogP contribution in [0.3, 0.4) is 0 Å². The van der Waals surface area contributed by atoms with E-state index >= 15 is 0 Å². The van der Waals surface area contributed by atoms with Gasteiger partial charge in [-0.15, -0.1) is 0 Å². The van der Waals surface area contributed by atoms with Gasteiger partial charge < -0.3 is 13.7 Å². The van der Waals surface area contributed by atoms with Crippen LogP contribution in [-0.4, -0.2) is 13.7 Å². The van der Waals surface area contributed by atoms with Gasteiger partial charge in [-0.25, -0.2) is 0 Å². The van der Waals surface area contributed by atoms with Crippen molar-refractivity contribution >= 4 is 76.7 Å². The topological polar surface area (TPSA) is 14.8 Å². The van der Waals surface area contributed by atoms with Crippen LogP contribution in [0.15, 0.2) is 230 Å². The highest BCUT2D eigenvalue weighted by Gasteiger charge is 2.27. The van der Waals surface area contributed by atoms with Gasteiger partial charge in [-0.3, -0.25) is 0 Å². The summed E-state index contributed by atoms with van der Waals surface area (Å²) in [7, 11) is 0. The summed E-state index contributed by atoms with van der Waals surface area (Å²) in [6, 6.07) is 71.3. The van der Waals surface area contributed by atoms with Gasteiger partial charge in [-0.1, -0.05) is 159 Å². The Labute approximate surface area is 372 Å². The van der Waals surface area contributed by atoms with E-state index < -0.39 is 0 Å². The van der Waals surface area contributed by atoms with E-state index in [0.29, 0.717) is 5.92 Å². The number of aromatic nitrogens is 3. The molecule has 2 aliphatic carbocycles. The van der Waals surface area contributed by atoms with Crippen LogP contribution in [0.5, 0.6) is 0 Å². The predicted octanol–water partition coefficient (Wildman–Crippen LogP) is 16.0. The van der Waals surface area contributed by atoms with Crippen molar-refractivity contribution in [2.24, 2.45) is 5.92 Å². The third kappa shape index (κ3) is 5.74. The van der Waals surface area contributed by atoms with Gasteiger partial charge in [-0.05, 0) is 113 Å². The van der Waals surface area contributed by atoms with Crippen LogP contribution in [0.2, 0.25) is 0 Å². The Balaban J connectivity index is 0.910. The maximum absolute atomic E-state index is 2.52. The molecule has 3 nitrogen and oxygen atoms in total. The Morgan fingerprint density at radius 1 is 0.391 bits per heavy atom. The van der Waals surface area contributed by atoms with Gasteiger partial charge in [0.15, 0.2) is 0 Å². The van der Waals surface area contributed by atoms with E-state index in [4.69, 9.17) is 0 Å². The Morgan fingerprint density at radius 2 is 0.781 bits per heavy atom. The van der Waals surface area contributed by atoms with Crippen molar-refractivity contribution in [2.45, 2.75) is 25.7 Å². The number of hydrogen-bond acceptors (Lipinski definition) is 0. The standard InChI is InChI=1S/C61H45N3/c1-40-36-48(64-60-24-12-6-18-54(60)55-19-7-13-25-61(55)64)34-35-49(40)45-38-43(41-26-30-46(31-27-41)62-56-20-8-2-14-50(56)51-15-3-9-21-57(51)62)37-44(39-45)42-28-32-47(33-29-42)63-58-22-10-4-16-52(58)53-17-5-11-23-59(53)63/h2-35,37-38,40,44H,36,39H2,1H3. The molecule has 0 fully saturated rings. The Kier molecular flexibility index (Phi) is 8.39. The van der Waals surface area contributed by atoms with E-state index in [-0.39, 0.29) is 5.92 Å². The average molecular weight is 820 g/mol. The number of para-hydroxylation sites is 6. The number of rotatable bonds is 6. The lowest BCUT2D eigenvalue weighted by Crippen LogP contribution is -2.14. The Bertz CT molecular complexity index is 3620. The minimum Gasteiger partial charge on any atom is -0.313 e. The molecule has 0 amide bonds. The summed E-state index contributed by atoms with van der Waals surface area (Å²) < 4.78 is 7.31. The van der Waals surface area contributed by atoms with Crippen molar-refractivity contribution in [3.63, 3.8) is 0 Å². The summed E-state index contributed by atoms with van der Waals surface area (Å²) in [5.74, 6) is 0.566. The lowest BCUT2D eigenvalue weighted by Gasteiger charge is -2.30. The summed E-state index contributed by atoms with van der Waals surface area (Å²) >= 11 is 0. The summed E-state index contributed by atoms with van der Waals surface area (Å²) in [6.07, 6.45) is 11.7. The summed E-state index contributed by atoms with van der Waals surface area (Å²) in [5, 5.41) is 7.74. The second-order valence-corrected chi connectivity index (χ2v) is 17.7.